The monoisotopic (exact) mass is 542 g/mol. The highest BCUT2D eigenvalue weighted by atomic mass is 19.1. The Morgan fingerprint density at radius 3 is 2.77 bits per heavy atom. The summed E-state index contributed by atoms with van der Waals surface area (Å²) in [6.45, 7) is 6.84. The van der Waals surface area contributed by atoms with Gasteiger partial charge in [0.2, 0.25) is 5.82 Å². The molecule has 2 aliphatic heterocycles. The molecule has 1 fully saturated rings. The topological polar surface area (TPSA) is 94.4 Å². The minimum atomic E-state index is -1.29. The number of alkyl halides is 1. The Kier molecular flexibility index (Phi) is 7.52. The van der Waals surface area contributed by atoms with Crippen LogP contribution in [0.15, 0.2) is 66.9 Å². The lowest BCUT2D eigenvalue weighted by Gasteiger charge is -2.26. The Balaban J connectivity index is 1.15. The lowest BCUT2D eigenvalue weighted by atomic mass is 10.0. The molecule has 2 aromatic heterocycles. The van der Waals surface area contributed by atoms with Crippen LogP contribution in [0.1, 0.15) is 46.2 Å². The molecule has 1 saturated heterocycles. The van der Waals surface area contributed by atoms with E-state index in [0.717, 1.165) is 60.9 Å². The van der Waals surface area contributed by atoms with Crippen LogP contribution in [0.25, 0.3) is 11.1 Å². The summed E-state index contributed by atoms with van der Waals surface area (Å²) in [4.78, 5) is 23.9. The van der Waals surface area contributed by atoms with Gasteiger partial charge in [-0.3, -0.25) is 9.69 Å². The summed E-state index contributed by atoms with van der Waals surface area (Å²) in [7, 11) is 0. The zero-order valence-corrected chi connectivity index (χ0v) is 22.3. The lowest BCUT2D eigenvalue weighted by molar-refractivity contribution is 0.0322. The number of amides is 1. The zero-order chi connectivity index (χ0) is 27.5. The smallest absolute Gasteiger partial charge is 0.296 e. The van der Waals surface area contributed by atoms with Gasteiger partial charge in [0.15, 0.2) is 12.0 Å². The van der Waals surface area contributed by atoms with Crippen LogP contribution in [0.3, 0.4) is 0 Å². The number of aromatic nitrogens is 4. The molecule has 9 nitrogen and oxygen atoms in total. The maximum atomic E-state index is 14.8. The Morgan fingerprint density at radius 1 is 1.12 bits per heavy atom. The van der Waals surface area contributed by atoms with E-state index in [0.29, 0.717) is 12.4 Å². The molecule has 4 heterocycles. The number of aryl methyl sites for hydroxylation is 1. The molecule has 2 aromatic carbocycles. The number of benzene rings is 2. The third kappa shape index (κ3) is 5.59. The van der Waals surface area contributed by atoms with Crippen LogP contribution in [0, 0.1) is 6.92 Å². The summed E-state index contributed by atoms with van der Waals surface area (Å²) in [5.74, 6) is 0.676. The van der Waals surface area contributed by atoms with E-state index in [4.69, 9.17) is 9.47 Å². The van der Waals surface area contributed by atoms with E-state index >= 15 is 0 Å². The minimum Gasteiger partial charge on any atom is -0.492 e. The first kappa shape index (κ1) is 26.1. The van der Waals surface area contributed by atoms with Gasteiger partial charge >= 0.3 is 0 Å². The fraction of sp³-hybridized carbons (Fsp3) is 0.333. The predicted octanol–water partition coefficient (Wildman–Crippen LogP) is 4.62. The molecule has 0 spiro atoms. The van der Waals surface area contributed by atoms with Crippen molar-refractivity contribution < 1.29 is 18.7 Å². The molecule has 4 aromatic rings. The third-order valence-electron chi connectivity index (χ3n) is 7.35. The van der Waals surface area contributed by atoms with E-state index in [9.17, 15) is 9.18 Å². The largest absolute Gasteiger partial charge is 0.492 e. The second kappa shape index (κ2) is 11.5. The van der Waals surface area contributed by atoms with Gasteiger partial charge in [0.25, 0.3) is 5.91 Å². The van der Waals surface area contributed by atoms with Gasteiger partial charge < -0.3 is 14.8 Å². The van der Waals surface area contributed by atoms with E-state index in [1.807, 2.05) is 61.5 Å². The molecule has 6 rings (SSSR count). The number of nitrogens with one attached hydrogen (secondary N) is 1. The number of halogens is 1. The Labute approximate surface area is 232 Å². The number of ether oxygens (including phenoxy) is 2. The summed E-state index contributed by atoms with van der Waals surface area (Å²) in [6, 6.07) is 18.9. The summed E-state index contributed by atoms with van der Waals surface area (Å²) >= 11 is 0. The molecule has 1 N–H and O–H groups in total. The number of pyridine rings is 1. The maximum Gasteiger partial charge on any atom is 0.296 e. The molecule has 0 aliphatic carbocycles. The average molecular weight is 543 g/mol. The molecule has 10 heteroatoms. The fourth-order valence-corrected chi connectivity index (χ4v) is 5.19. The van der Waals surface area contributed by atoms with Crippen LogP contribution in [-0.2, 0) is 4.74 Å². The van der Waals surface area contributed by atoms with Crippen molar-refractivity contribution in [1.29, 1.82) is 0 Å². The molecule has 0 bridgehead atoms. The molecule has 0 unspecified atom stereocenters. The van der Waals surface area contributed by atoms with Gasteiger partial charge in [-0.15, -0.1) is 5.10 Å². The highest BCUT2D eigenvalue weighted by Gasteiger charge is 2.36. The summed E-state index contributed by atoms with van der Waals surface area (Å²) in [5.41, 5.74) is 3.86. The van der Waals surface area contributed by atoms with Crippen molar-refractivity contribution in [2.24, 2.45) is 0 Å². The van der Waals surface area contributed by atoms with Crippen LogP contribution >= 0.6 is 0 Å². The van der Waals surface area contributed by atoms with E-state index in [1.54, 1.807) is 12.3 Å². The van der Waals surface area contributed by atoms with Crippen molar-refractivity contribution >= 4 is 11.7 Å². The number of hydrogen-bond acceptors (Lipinski definition) is 7. The van der Waals surface area contributed by atoms with Crippen LogP contribution in [0.4, 0.5) is 10.2 Å². The second-order valence-corrected chi connectivity index (χ2v) is 10.0. The first-order valence-corrected chi connectivity index (χ1v) is 13.5. The van der Waals surface area contributed by atoms with Gasteiger partial charge in [-0.2, -0.15) is 0 Å². The van der Waals surface area contributed by atoms with Crippen molar-refractivity contribution in [3.05, 3.63) is 89.6 Å². The molecule has 0 saturated carbocycles. The quantitative estimate of drug-likeness (QED) is 0.347. The van der Waals surface area contributed by atoms with Gasteiger partial charge in [-0.1, -0.05) is 36.4 Å². The van der Waals surface area contributed by atoms with Gasteiger partial charge in [0.05, 0.1) is 19.3 Å². The second-order valence-electron chi connectivity index (χ2n) is 10.0. The summed E-state index contributed by atoms with van der Waals surface area (Å²) < 4.78 is 27.7. The Morgan fingerprint density at radius 2 is 1.95 bits per heavy atom. The zero-order valence-electron chi connectivity index (χ0n) is 22.3. The number of carbonyl (C=O) groups excluding carboxylic acids is 1. The van der Waals surface area contributed by atoms with Crippen LogP contribution < -0.4 is 10.1 Å². The molecule has 1 amide bonds. The normalized spacial score (nSPS) is 18.9. The highest BCUT2D eigenvalue weighted by molar-refractivity contribution is 6.01. The van der Waals surface area contributed by atoms with Crippen molar-refractivity contribution in [1.82, 2.24) is 24.6 Å². The van der Waals surface area contributed by atoms with E-state index < -0.39 is 12.1 Å². The first-order valence-electron chi connectivity index (χ1n) is 13.5. The molecule has 206 valence electrons. The molecule has 40 heavy (non-hydrogen) atoms. The molecular weight excluding hydrogens is 511 g/mol. The number of nitrogens with zero attached hydrogens (tertiary/aromatic N) is 5. The SMILES string of the molecule is Cc1ccc(OCCN2CCOCC2)cc1-c1ccnc(NC(=O)c2nc3n(n2)[C@H](c2ccccc2)C[C@@H]3F)c1. The van der Waals surface area contributed by atoms with Gasteiger partial charge in [-0.05, 0) is 53.4 Å². The van der Waals surface area contributed by atoms with Crippen molar-refractivity contribution in [3.63, 3.8) is 0 Å². The third-order valence-corrected chi connectivity index (χ3v) is 7.35. The standard InChI is InChI=1S/C30H31FN6O3/c1-20-7-8-23(40-16-13-36-11-14-39-15-12-36)18-24(20)22-9-10-32-27(17-22)33-30(38)28-34-29-25(31)19-26(37(29)35-28)21-5-3-2-4-6-21/h2-10,17-18,25-26H,11-16,19H2,1H3,(H,32,33,38)/t25-,26-/m0/s1. The average Bonchev–Trinajstić information content (AvgIpc) is 3.56. The number of morpholine rings is 1. The minimum absolute atomic E-state index is 0.0858. The summed E-state index contributed by atoms with van der Waals surface area (Å²) in [5, 5.41) is 7.14. The number of fused-ring (bicyclic) bond motifs is 1. The number of rotatable bonds is 8. The number of hydrogen-bond donors (Lipinski definition) is 1. The predicted molar refractivity (Wildman–Crippen MR) is 148 cm³/mol. The van der Waals surface area contributed by atoms with Crippen LogP contribution in [-0.4, -0.2) is 70.0 Å². The van der Waals surface area contributed by atoms with E-state index in [-0.39, 0.29) is 24.1 Å². The van der Waals surface area contributed by atoms with Crippen molar-refractivity contribution in [2.45, 2.75) is 25.6 Å². The summed E-state index contributed by atoms with van der Waals surface area (Å²) in [6.07, 6.45) is 0.604. The van der Waals surface area contributed by atoms with Crippen molar-refractivity contribution in [3.8, 4) is 16.9 Å². The van der Waals surface area contributed by atoms with Crippen molar-refractivity contribution in [2.75, 3.05) is 44.8 Å². The molecule has 2 aliphatic rings. The van der Waals surface area contributed by atoms with Gasteiger partial charge in [-0.25, -0.2) is 19.0 Å². The van der Waals surface area contributed by atoms with E-state index in [2.05, 4.69) is 25.3 Å². The maximum absolute atomic E-state index is 14.8. The number of carbonyl (C=O) groups is 1. The van der Waals surface area contributed by atoms with Crippen LogP contribution in [0.2, 0.25) is 0 Å². The number of anilines is 1. The van der Waals surface area contributed by atoms with Gasteiger partial charge in [0, 0.05) is 32.3 Å². The van der Waals surface area contributed by atoms with Gasteiger partial charge in [0.1, 0.15) is 18.2 Å². The van der Waals surface area contributed by atoms with Crippen LogP contribution in [0.5, 0.6) is 5.75 Å². The lowest BCUT2D eigenvalue weighted by Crippen LogP contribution is -2.38. The molecule has 0 radical (unpaired) electrons. The Bertz CT molecular complexity index is 1490. The molecular formula is C30H31FN6O3. The molecule has 2 atom stereocenters. The highest BCUT2D eigenvalue weighted by Crippen LogP contribution is 2.39. The Hall–Kier alpha value is -4.15. The first-order chi connectivity index (χ1) is 19.5. The van der Waals surface area contributed by atoms with E-state index in [1.165, 1.54) is 4.68 Å². The fourth-order valence-electron chi connectivity index (χ4n) is 5.19.